The summed E-state index contributed by atoms with van der Waals surface area (Å²) in [6.45, 7) is 1.92. The number of anilines is 1. The Kier molecular flexibility index (Phi) is 3.61. The third-order valence-electron chi connectivity index (χ3n) is 2.34. The fourth-order valence-electron chi connectivity index (χ4n) is 1.51. The van der Waals surface area contributed by atoms with Crippen LogP contribution in [0, 0.1) is 0 Å². The van der Waals surface area contributed by atoms with E-state index < -0.39 is 5.97 Å². The third kappa shape index (κ3) is 2.44. The summed E-state index contributed by atoms with van der Waals surface area (Å²) in [5.74, 6) is 2.62. The maximum Gasteiger partial charge on any atom is 0.376 e. The Labute approximate surface area is 98.2 Å². The van der Waals surface area contributed by atoms with E-state index >= 15 is 0 Å². The van der Waals surface area contributed by atoms with E-state index in [9.17, 15) is 4.79 Å². The Hall–Kier alpha value is -1.30. The standard InChI is InChI=1S/C10H13N3O2S/c1-15-10(14)9-11-3-2-8(12-9)13-4-6-16-7-5-13/h2-3H,4-7H2,1H3. The highest BCUT2D eigenvalue weighted by Crippen LogP contribution is 2.16. The summed E-state index contributed by atoms with van der Waals surface area (Å²) in [4.78, 5) is 21.5. The predicted molar refractivity (Wildman–Crippen MR) is 62.9 cm³/mol. The molecule has 86 valence electrons. The molecule has 0 bridgehead atoms. The topological polar surface area (TPSA) is 55.3 Å². The molecule has 0 saturated carbocycles. The summed E-state index contributed by atoms with van der Waals surface area (Å²) in [5, 5.41) is 0. The SMILES string of the molecule is COC(=O)c1nccc(N2CCSCC2)n1. The van der Waals surface area contributed by atoms with Crippen LogP contribution in [0.1, 0.15) is 10.6 Å². The quantitative estimate of drug-likeness (QED) is 0.712. The van der Waals surface area contributed by atoms with E-state index in [1.54, 1.807) is 6.20 Å². The van der Waals surface area contributed by atoms with Crippen LogP contribution in [0.5, 0.6) is 0 Å². The minimum absolute atomic E-state index is 0.123. The van der Waals surface area contributed by atoms with Gasteiger partial charge in [-0.25, -0.2) is 14.8 Å². The van der Waals surface area contributed by atoms with Gasteiger partial charge in [-0.1, -0.05) is 0 Å². The summed E-state index contributed by atoms with van der Waals surface area (Å²) in [6.07, 6.45) is 1.59. The molecule has 2 heterocycles. The first kappa shape index (κ1) is 11.2. The molecule has 1 aromatic rings. The van der Waals surface area contributed by atoms with E-state index in [4.69, 9.17) is 0 Å². The van der Waals surface area contributed by atoms with Gasteiger partial charge in [0.2, 0.25) is 5.82 Å². The Bertz CT molecular complexity index is 380. The lowest BCUT2D eigenvalue weighted by Gasteiger charge is -2.27. The van der Waals surface area contributed by atoms with Gasteiger partial charge in [0.15, 0.2) is 0 Å². The lowest BCUT2D eigenvalue weighted by atomic mass is 10.4. The van der Waals surface area contributed by atoms with Crippen molar-refractivity contribution in [2.75, 3.05) is 36.6 Å². The molecule has 2 rings (SSSR count). The molecule has 5 nitrogen and oxygen atoms in total. The first-order chi connectivity index (χ1) is 7.81. The number of aromatic nitrogens is 2. The molecular weight excluding hydrogens is 226 g/mol. The molecule has 0 N–H and O–H groups in total. The van der Waals surface area contributed by atoms with E-state index in [0.29, 0.717) is 0 Å². The fraction of sp³-hybridized carbons (Fsp3) is 0.500. The van der Waals surface area contributed by atoms with E-state index in [0.717, 1.165) is 30.4 Å². The summed E-state index contributed by atoms with van der Waals surface area (Å²) in [5.41, 5.74) is 0. The molecule has 1 aliphatic rings. The Morgan fingerprint density at radius 2 is 2.25 bits per heavy atom. The maximum absolute atomic E-state index is 11.3. The molecule has 6 heteroatoms. The van der Waals surface area contributed by atoms with Gasteiger partial charge in [-0.3, -0.25) is 0 Å². The monoisotopic (exact) mass is 239 g/mol. The van der Waals surface area contributed by atoms with Crippen LogP contribution >= 0.6 is 11.8 Å². The molecule has 1 aliphatic heterocycles. The number of ether oxygens (including phenoxy) is 1. The van der Waals surface area contributed by atoms with Crippen LogP contribution in [0.3, 0.4) is 0 Å². The normalized spacial score (nSPS) is 15.9. The van der Waals surface area contributed by atoms with Gasteiger partial charge < -0.3 is 9.64 Å². The van der Waals surface area contributed by atoms with Gasteiger partial charge in [0, 0.05) is 30.8 Å². The van der Waals surface area contributed by atoms with Crippen molar-refractivity contribution in [3.8, 4) is 0 Å². The zero-order valence-electron chi connectivity index (χ0n) is 9.05. The molecule has 0 radical (unpaired) electrons. The van der Waals surface area contributed by atoms with Crippen molar-refractivity contribution < 1.29 is 9.53 Å². The highest BCUT2D eigenvalue weighted by Gasteiger charge is 2.15. The molecule has 1 aromatic heterocycles. The summed E-state index contributed by atoms with van der Waals surface area (Å²) in [7, 11) is 1.33. The summed E-state index contributed by atoms with van der Waals surface area (Å²) in [6, 6.07) is 1.82. The first-order valence-corrected chi connectivity index (χ1v) is 6.21. The summed E-state index contributed by atoms with van der Waals surface area (Å²) >= 11 is 1.93. The van der Waals surface area contributed by atoms with E-state index in [1.165, 1.54) is 7.11 Å². The van der Waals surface area contributed by atoms with Gasteiger partial charge in [-0.05, 0) is 6.07 Å². The number of esters is 1. The number of nitrogens with zero attached hydrogens (tertiary/aromatic N) is 3. The highest BCUT2D eigenvalue weighted by molar-refractivity contribution is 7.99. The molecule has 0 aromatic carbocycles. The molecule has 0 spiro atoms. The molecule has 1 saturated heterocycles. The number of hydrogen-bond acceptors (Lipinski definition) is 6. The van der Waals surface area contributed by atoms with Crippen molar-refractivity contribution in [1.82, 2.24) is 9.97 Å². The number of hydrogen-bond donors (Lipinski definition) is 0. The van der Waals surface area contributed by atoms with Crippen LogP contribution in [0.4, 0.5) is 5.82 Å². The predicted octanol–water partition coefficient (Wildman–Crippen LogP) is 0.816. The van der Waals surface area contributed by atoms with Gasteiger partial charge in [-0.2, -0.15) is 11.8 Å². The molecule has 1 fully saturated rings. The van der Waals surface area contributed by atoms with Crippen molar-refractivity contribution in [3.63, 3.8) is 0 Å². The molecule has 0 aliphatic carbocycles. The molecule has 0 atom stereocenters. The highest BCUT2D eigenvalue weighted by atomic mass is 32.2. The minimum Gasteiger partial charge on any atom is -0.463 e. The largest absolute Gasteiger partial charge is 0.463 e. The van der Waals surface area contributed by atoms with Gasteiger partial charge in [0.1, 0.15) is 5.82 Å². The van der Waals surface area contributed by atoms with Crippen LogP contribution in [-0.4, -0.2) is 47.6 Å². The van der Waals surface area contributed by atoms with Crippen molar-refractivity contribution in [2.45, 2.75) is 0 Å². The third-order valence-corrected chi connectivity index (χ3v) is 3.29. The van der Waals surface area contributed by atoms with Gasteiger partial charge >= 0.3 is 5.97 Å². The lowest BCUT2D eigenvalue weighted by molar-refractivity contribution is 0.0587. The Morgan fingerprint density at radius 1 is 1.50 bits per heavy atom. The van der Waals surface area contributed by atoms with E-state index in [2.05, 4.69) is 19.6 Å². The van der Waals surface area contributed by atoms with Crippen molar-refractivity contribution in [1.29, 1.82) is 0 Å². The van der Waals surface area contributed by atoms with Crippen molar-refractivity contribution in [2.24, 2.45) is 0 Å². The Balaban J connectivity index is 2.17. The van der Waals surface area contributed by atoms with E-state index in [-0.39, 0.29) is 5.82 Å². The number of thioether (sulfide) groups is 1. The smallest absolute Gasteiger partial charge is 0.376 e. The second-order valence-corrected chi connectivity index (χ2v) is 4.55. The second kappa shape index (κ2) is 5.16. The van der Waals surface area contributed by atoms with Crippen LogP contribution in [0.25, 0.3) is 0 Å². The minimum atomic E-state index is -0.492. The number of carbonyl (C=O) groups excluding carboxylic acids is 1. The molecule has 0 unspecified atom stereocenters. The Morgan fingerprint density at radius 3 is 2.94 bits per heavy atom. The van der Waals surface area contributed by atoms with Crippen LogP contribution in [-0.2, 0) is 4.74 Å². The summed E-state index contributed by atoms with van der Waals surface area (Å²) < 4.78 is 4.59. The van der Waals surface area contributed by atoms with Crippen molar-refractivity contribution >= 4 is 23.5 Å². The zero-order chi connectivity index (χ0) is 11.4. The number of carbonyl (C=O) groups is 1. The van der Waals surface area contributed by atoms with Gasteiger partial charge in [-0.15, -0.1) is 0 Å². The average Bonchev–Trinajstić information content (AvgIpc) is 2.39. The van der Waals surface area contributed by atoms with Crippen LogP contribution in [0.15, 0.2) is 12.3 Å². The average molecular weight is 239 g/mol. The van der Waals surface area contributed by atoms with Gasteiger partial charge in [0.25, 0.3) is 0 Å². The maximum atomic E-state index is 11.3. The van der Waals surface area contributed by atoms with Gasteiger partial charge in [0.05, 0.1) is 7.11 Å². The number of rotatable bonds is 2. The zero-order valence-corrected chi connectivity index (χ0v) is 9.87. The lowest BCUT2D eigenvalue weighted by Crippen LogP contribution is -2.33. The first-order valence-electron chi connectivity index (χ1n) is 5.05. The fourth-order valence-corrected chi connectivity index (χ4v) is 2.41. The van der Waals surface area contributed by atoms with Crippen LogP contribution < -0.4 is 4.90 Å². The van der Waals surface area contributed by atoms with Crippen molar-refractivity contribution in [3.05, 3.63) is 18.1 Å². The van der Waals surface area contributed by atoms with E-state index in [1.807, 2.05) is 17.8 Å². The second-order valence-electron chi connectivity index (χ2n) is 3.33. The number of methoxy groups -OCH3 is 1. The molecule has 16 heavy (non-hydrogen) atoms. The van der Waals surface area contributed by atoms with Crippen LogP contribution in [0.2, 0.25) is 0 Å². The molecule has 0 amide bonds. The molecular formula is C10H13N3O2S.